The van der Waals surface area contributed by atoms with Gasteiger partial charge in [-0.15, -0.1) is 0 Å². The van der Waals surface area contributed by atoms with Crippen molar-refractivity contribution in [1.29, 1.82) is 5.26 Å². The number of carbonyl (C=O) groups is 1. The van der Waals surface area contributed by atoms with E-state index in [1.807, 2.05) is 48.7 Å². The number of benzene rings is 2. The summed E-state index contributed by atoms with van der Waals surface area (Å²) in [6.45, 7) is 3.88. The molecule has 148 valence electrons. The highest BCUT2D eigenvalue weighted by Crippen LogP contribution is 2.28. The molecule has 0 saturated carbocycles. The Hall–Kier alpha value is -3.82. The van der Waals surface area contributed by atoms with Crippen LogP contribution in [0.1, 0.15) is 33.1 Å². The van der Waals surface area contributed by atoms with Gasteiger partial charge in [0.2, 0.25) is 0 Å². The van der Waals surface area contributed by atoms with Crippen LogP contribution < -0.4 is 0 Å². The summed E-state index contributed by atoms with van der Waals surface area (Å²) in [6, 6.07) is 16.6. The molecule has 30 heavy (non-hydrogen) atoms. The number of nitrogens with zero attached hydrogens (tertiary/aromatic N) is 3. The number of aromatic amines is 1. The van der Waals surface area contributed by atoms with Crippen molar-refractivity contribution in [2.45, 2.75) is 13.8 Å². The summed E-state index contributed by atoms with van der Waals surface area (Å²) in [5, 5.41) is 19.1. The molecule has 2 N–H and O–H groups in total. The van der Waals surface area contributed by atoms with Crippen molar-refractivity contribution in [3.05, 3.63) is 81.9 Å². The number of hydrogen-bond acceptors (Lipinski definition) is 3. The average Bonchev–Trinajstić information content (AvgIpc) is 3.26. The van der Waals surface area contributed by atoms with E-state index in [2.05, 4.69) is 16.0 Å². The van der Waals surface area contributed by atoms with Crippen LogP contribution in [0.2, 0.25) is 5.02 Å². The summed E-state index contributed by atoms with van der Waals surface area (Å²) in [7, 11) is 0. The predicted octanol–water partition coefficient (Wildman–Crippen LogP) is 5.39. The van der Waals surface area contributed by atoms with Crippen molar-refractivity contribution in [3.8, 4) is 11.8 Å². The number of carboxylic acids is 1. The molecule has 0 atom stereocenters. The van der Waals surface area contributed by atoms with E-state index in [9.17, 15) is 15.2 Å². The molecule has 0 saturated heterocycles. The van der Waals surface area contributed by atoms with E-state index in [-0.39, 0.29) is 10.6 Å². The van der Waals surface area contributed by atoms with Crippen LogP contribution in [0, 0.1) is 25.2 Å². The number of H-pyrrole nitrogens is 1. The van der Waals surface area contributed by atoms with Crippen LogP contribution in [-0.2, 0) is 0 Å². The Morgan fingerprint density at radius 3 is 2.67 bits per heavy atom. The van der Waals surface area contributed by atoms with Crippen molar-refractivity contribution in [2.75, 3.05) is 0 Å². The van der Waals surface area contributed by atoms with Crippen molar-refractivity contribution >= 4 is 40.3 Å². The fourth-order valence-electron chi connectivity index (χ4n) is 3.54. The maximum absolute atomic E-state index is 11.2. The second-order valence-electron chi connectivity index (χ2n) is 6.90. The Balaban J connectivity index is 1.78. The van der Waals surface area contributed by atoms with E-state index in [0.29, 0.717) is 11.4 Å². The van der Waals surface area contributed by atoms with Crippen molar-refractivity contribution < 1.29 is 9.90 Å². The Morgan fingerprint density at radius 2 is 2.00 bits per heavy atom. The number of para-hydroxylation sites is 2. The molecule has 0 aliphatic carbocycles. The number of halogens is 1. The SMILES string of the molecule is Cc1cc(/C=C(/C#N)c2nc3ccccc3[nH]2)c(C)n1-c1ccc(C(=O)O)c(Cl)c1. The first-order valence-electron chi connectivity index (χ1n) is 9.18. The molecule has 6 nitrogen and oxygen atoms in total. The lowest BCUT2D eigenvalue weighted by atomic mass is 10.1. The molecule has 2 aromatic heterocycles. The number of rotatable bonds is 4. The van der Waals surface area contributed by atoms with Crippen molar-refractivity contribution in [1.82, 2.24) is 14.5 Å². The summed E-state index contributed by atoms with van der Waals surface area (Å²) in [4.78, 5) is 18.9. The number of carboxylic acid groups (broad SMARTS) is 1. The van der Waals surface area contributed by atoms with Crippen LogP contribution in [0.4, 0.5) is 0 Å². The molecular weight excluding hydrogens is 400 g/mol. The Morgan fingerprint density at radius 1 is 1.23 bits per heavy atom. The quantitative estimate of drug-likeness (QED) is 0.436. The predicted molar refractivity (Wildman–Crippen MR) is 117 cm³/mol. The Labute approximate surface area is 177 Å². The lowest BCUT2D eigenvalue weighted by Crippen LogP contribution is -2.02. The first-order chi connectivity index (χ1) is 14.4. The summed E-state index contributed by atoms with van der Waals surface area (Å²) in [5.41, 5.74) is 5.59. The van der Waals surface area contributed by atoms with Gasteiger partial charge in [0, 0.05) is 17.1 Å². The zero-order valence-corrected chi connectivity index (χ0v) is 17.0. The molecule has 0 unspecified atom stereocenters. The monoisotopic (exact) mass is 416 g/mol. The molecule has 4 aromatic rings. The smallest absolute Gasteiger partial charge is 0.337 e. The third kappa shape index (κ3) is 3.36. The van der Waals surface area contributed by atoms with Gasteiger partial charge >= 0.3 is 5.97 Å². The number of allylic oxidation sites excluding steroid dienone is 1. The van der Waals surface area contributed by atoms with Gasteiger partial charge in [0.15, 0.2) is 0 Å². The van der Waals surface area contributed by atoms with Gasteiger partial charge in [0.1, 0.15) is 11.9 Å². The minimum absolute atomic E-state index is 0.0552. The van der Waals surface area contributed by atoms with Crippen LogP contribution in [0.15, 0.2) is 48.5 Å². The van der Waals surface area contributed by atoms with Gasteiger partial charge in [0.05, 0.1) is 27.2 Å². The number of imidazole rings is 1. The van der Waals surface area contributed by atoms with E-state index in [1.54, 1.807) is 18.2 Å². The van der Waals surface area contributed by atoms with E-state index in [4.69, 9.17) is 11.6 Å². The fourth-order valence-corrected chi connectivity index (χ4v) is 3.79. The first kappa shape index (κ1) is 19.5. The van der Waals surface area contributed by atoms with Gasteiger partial charge in [-0.25, -0.2) is 9.78 Å². The van der Waals surface area contributed by atoms with E-state index >= 15 is 0 Å². The Bertz CT molecular complexity index is 1340. The highest BCUT2D eigenvalue weighted by Gasteiger charge is 2.15. The molecule has 0 aliphatic heterocycles. The molecule has 0 amide bonds. The topological polar surface area (TPSA) is 94.7 Å². The molecule has 0 bridgehead atoms. The summed E-state index contributed by atoms with van der Waals surface area (Å²) < 4.78 is 1.97. The van der Waals surface area contributed by atoms with E-state index in [1.165, 1.54) is 6.07 Å². The molecule has 2 aromatic carbocycles. The van der Waals surface area contributed by atoms with Gasteiger partial charge < -0.3 is 14.7 Å². The maximum Gasteiger partial charge on any atom is 0.337 e. The Kier molecular flexibility index (Phi) is 4.90. The highest BCUT2D eigenvalue weighted by molar-refractivity contribution is 6.33. The fraction of sp³-hybridized carbons (Fsp3) is 0.0870. The molecule has 7 heteroatoms. The molecular formula is C23H17ClN4O2. The standard InChI is InChI=1S/C23H17ClN4O2/c1-13-9-15(10-16(12-25)22-26-20-5-3-4-6-21(20)27-22)14(2)28(13)17-7-8-18(23(29)30)19(24)11-17/h3-11H,1-2H3,(H,26,27)(H,29,30)/b16-10-. The number of fused-ring (bicyclic) bond motifs is 1. The molecule has 0 radical (unpaired) electrons. The molecule has 2 heterocycles. The van der Waals surface area contributed by atoms with Crippen LogP contribution in [0.3, 0.4) is 0 Å². The number of hydrogen-bond donors (Lipinski definition) is 2. The number of nitriles is 1. The van der Waals surface area contributed by atoms with E-state index < -0.39 is 5.97 Å². The van der Waals surface area contributed by atoms with Crippen LogP contribution in [0.5, 0.6) is 0 Å². The van der Waals surface area contributed by atoms with Crippen LogP contribution >= 0.6 is 11.6 Å². The second-order valence-corrected chi connectivity index (χ2v) is 7.31. The number of aryl methyl sites for hydroxylation is 1. The summed E-state index contributed by atoms with van der Waals surface area (Å²) in [5.74, 6) is -0.557. The zero-order chi connectivity index (χ0) is 21.4. The summed E-state index contributed by atoms with van der Waals surface area (Å²) >= 11 is 6.15. The third-order valence-electron chi connectivity index (χ3n) is 4.98. The van der Waals surface area contributed by atoms with Crippen molar-refractivity contribution in [2.24, 2.45) is 0 Å². The summed E-state index contributed by atoms with van der Waals surface area (Å²) in [6.07, 6.45) is 1.80. The van der Waals surface area contributed by atoms with Gasteiger partial charge in [-0.3, -0.25) is 0 Å². The zero-order valence-electron chi connectivity index (χ0n) is 16.3. The number of nitrogens with one attached hydrogen (secondary N) is 1. The highest BCUT2D eigenvalue weighted by atomic mass is 35.5. The van der Waals surface area contributed by atoms with Gasteiger partial charge in [-0.1, -0.05) is 23.7 Å². The van der Waals surface area contributed by atoms with Crippen molar-refractivity contribution in [3.63, 3.8) is 0 Å². The van der Waals surface area contributed by atoms with Gasteiger partial charge in [-0.05, 0) is 61.9 Å². The molecule has 0 aliphatic rings. The van der Waals surface area contributed by atoms with E-state index in [0.717, 1.165) is 33.7 Å². The normalized spacial score (nSPS) is 11.6. The van der Waals surface area contributed by atoms with Gasteiger partial charge in [0.25, 0.3) is 0 Å². The minimum atomic E-state index is -1.07. The van der Waals surface area contributed by atoms with Gasteiger partial charge in [-0.2, -0.15) is 5.26 Å². The first-order valence-corrected chi connectivity index (χ1v) is 9.56. The average molecular weight is 417 g/mol. The lowest BCUT2D eigenvalue weighted by Gasteiger charge is -2.11. The van der Waals surface area contributed by atoms with Crippen LogP contribution in [0.25, 0.3) is 28.4 Å². The number of aromatic carboxylic acids is 1. The minimum Gasteiger partial charge on any atom is -0.478 e. The molecule has 0 spiro atoms. The molecule has 4 rings (SSSR count). The molecule has 0 fully saturated rings. The number of aromatic nitrogens is 3. The largest absolute Gasteiger partial charge is 0.478 e. The van der Waals surface area contributed by atoms with Crippen LogP contribution in [-0.4, -0.2) is 25.6 Å². The second kappa shape index (κ2) is 7.54. The lowest BCUT2D eigenvalue weighted by molar-refractivity contribution is 0.0697. The maximum atomic E-state index is 11.2. The third-order valence-corrected chi connectivity index (χ3v) is 5.29.